The fourth-order valence-corrected chi connectivity index (χ4v) is 5.11. The maximum atomic E-state index is 13.8. The average molecular weight is 488 g/mol. The summed E-state index contributed by atoms with van der Waals surface area (Å²) in [6, 6.07) is 17.9. The Balaban J connectivity index is 1.83. The van der Waals surface area contributed by atoms with Crippen LogP contribution in [0.1, 0.15) is 52.0 Å². The van der Waals surface area contributed by atoms with Crippen LogP contribution in [0, 0.1) is 11.8 Å². The van der Waals surface area contributed by atoms with Crippen LogP contribution in [0.3, 0.4) is 0 Å². The van der Waals surface area contributed by atoms with Gasteiger partial charge in [0.1, 0.15) is 5.92 Å². The monoisotopic (exact) mass is 487 g/mol. The van der Waals surface area contributed by atoms with Crippen LogP contribution in [-0.2, 0) is 23.9 Å². The Labute approximate surface area is 212 Å². The molecule has 1 aliphatic heterocycles. The summed E-state index contributed by atoms with van der Waals surface area (Å²) >= 11 is 0. The van der Waals surface area contributed by atoms with Crippen molar-refractivity contribution in [2.75, 3.05) is 7.11 Å². The topological polar surface area (TPSA) is 81.7 Å². The van der Waals surface area contributed by atoms with E-state index in [1.165, 1.54) is 7.11 Å². The second kappa shape index (κ2) is 10.5. The number of esters is 2. The molecule has 1 aliphatic carbocycles. The lowest BCUT2D eigenvalue weighted by molar-refractivity contribution is -0.151. The molecule has 0 saturated carbocycles. The number of allylic oxidation sites excluding steroid dienone is 3. The summed E-state index contributed by atoms with van der Waals surface area (Å²) in [5.74, 6) is -3.09. The minimum atomic E-state index is -0.910. The highest BCUT2D eigenvalue weighted by Gasteiger charge is 2.47. The van der Waals surface area contributed by atoms with Gasteiger partial charge in [-0.05, 0) is 49.3 Å². The molecule has 6 heteroatoms. The van der Waals surface area contributed by atoms with Gasteiger partial charge in [-0.15, -0.1) is 0 Å². The summed E-state index contributed by atoms with van der Waals surface area (Å²) in [6.45, 7) is 7.51. The Morgan fingerprint density at radius 1 is 1.06 bits per heavy atom. The maximum absolute atomic E-state index is 13.8. The van der Waals surface area contributed by atoms with Crippen LogP contribution in [0.4, 0.5) is 0 Å². The van der Waals surface area contributed by atoms with E-state index in [9.17, 15) is 14.4 Å². The lowest BCUT2D eigenvalue weighted by Gasteiger charge is -2.38. The van der Waals surface area contributed by atoms with Crippen molar-refractivity contribution < 1.29 is 23.9 Å². The molecule has 2 aromatic carbocycles. The van der Waals surface area contributed by atoms with Gasteiger partial charge in [-0.3, -0.25) is 9.59 Å². The molecule has 4 unspecified atom stereocenters. The number of dihydropyridines is 1. The molecule has 188 valence electrons. The molecule has 0 saturated heterocycles. The molecule has 4 rings (SSSR count). The molecule has 2 aromatic rings. The first kappa shape index (κ1) is 25.4. The number of methoxy groups -OCH3 is 1. The molecule has 0 radical (unpaired) electrons. The first-order valence-corrected chi connectivity index (χ1v) is 12.5. The lowest BCUT2D eigenvalue weighted by Crippen LogP contribution is -2.43. The summed E-state index contributed by atoms with van der Waals surface area (Å²) in [5.41, 5.74) is 5.16. The zero-order valence-corrected chi connectivity index (χ0v) is 21.5. The van der Waals surface area contributed by atoms with Crippen LogP contribution < -0.4 is 5.32 Å². The highest BCUT2D eigenvalue weighted by atomic mass is 16.5. The van der Waals surface area contributed by atoms with Gasteiger partial charge in [-0.2, -0.15) is 0 Å². The van der Waals surface area contributed by atoms with Crippen molar-refractivity contribution in [2.45, 2.75) is 52.6 Å². The average Bonchev–Trinajstić information content (AvgIpc) is 2.88. The van der Waals surface area contributed by atoms with E-state index in [1.807, 2.05) is 82.3 Å². The quantitative estimate of drug-likeness (QED) is 0.439. The largest absolute Gasteiger partial charge is 0.468 e. The van der Waals surface area contributed by atoms with Crippen molar-refractivity contribution in [3.63, 3.8) is 0 Å². The van der Waals surface area contributed by atoms with E-state index in [0.29, 0.717) is 29.7 Å². The van der Waals surface area contributed by atoms with Crippen molar-refractivity contribution in [2.24, 2.45) is 11.8 Å². The Morgan fingerprint density at radius 3 is 2.31 bits per heavy atom. The summed E-state index contributed by atoms with van der Waals surface area (Å²) in [6.07, 6.45) is 0.917. The predicted molar refractivity (Wildman–Crippen MR) is 138 cm³/mol. The van der Waals surface area contributed by atoms with Gasteiger partial charge in [0.05, 0.1) is 18.8 Å². The van der Waals surface area contributed by atoms with Crippen LogP contribution >= 0.6 is 0 Å². The van der Waals surface area contributed by atoms with Gasteiger partial charge in [0.2, 0.25) is 0 Å². The maximum Gasteiger partial charge on any atom is 0.337 e. The van der Waals surface area contributed by atoms with Crippen molar-refractivity contribution in [1.82, 2.24) is 5.32 Å². The van der Waals surface area contributed by atoms with Crippen LogP contribution in [0.25, 0.3) is 11.1 Å². The predicted octanol–water partition coefficient (Wildman–Crippen LogP) is 5.31. The summed E-state index contributed by atoms with van der Waals surface area (Å²) in [5, 5.41) is 3.30. The van der Waals surface area contributed by atoms with E-state index in [0.717, 1.165) is 22.4 Å². The van der Waals surface area contributed by atoms with Gasteiger partial charge in [0, 0.05) is 22.9 Å². The molecule has 1 heterocycles. The minimum absolute atomic E-state index is 0.223. The summed E-state index contributed by atoms with van der Waals surface area (Å²) in [7, 11) is 1.30. The van der Waals surface area contributed by atoms with Crippen molar-refractivity contribution in [1.29, 1.82) is 0 Å². The number of hydrogen-bond donors (Lipinski definition) is 1. The number of benzene rings is 2. The van der Waals surface area contributed by atoms with E-state index in [4.69, 9.17) is 9.47 Å². The molecule has 4 atom stereocenters. The Kier molecular flexibility index (Phi) is 7.43. The standard InChI is InChI=1S/C30H33NO5/c1-6-18(3)36-30(34)25-19(4)31-23-16-17(2)24(29(33)35-5)28(32)27(23)26(25)22-14-12-21(13-15-22)20-10-8-7-9-11-20/h7-15,17-18,24,26,31H,6,16H2,1-5H3. The molecule has 2 aliphatic rings. The minimum Gasteiger partial charge on any atom is -0.468 e. The molecule has 36 heavy (non-hydrogen) atoms. The fourth-order valence-electron chi connectivity index (χ4n) is 5.11. The van der Waals surface area contributed by atoms with E-state index in [1.54, 1.807) is 0 Å². The van der Waals surface area contributed by atoms with Gasteiger partial charge >= 0.3 is 11.9 Å². The first-order chi connectivity index (χ1) is 17.3. The Hall–Kier alpha value is -3.67. The van der Waals surface area contributed by atoms with Crippen LogP contribution in [0.2, 0.25) is 0 Å². The molecule has 6 nitrogen and oxygen atoms in total. The third-order valence-corrected chi connectivity index (χ3v) is 7.20. The number of nitrogens with one attached hydrogen (secondary N) is 1. The zero-order valence-electron chi connectivity index (χ0n) is 21.5. The molecule has 0 amide bonds. The van der Waals surface area contributed by atoms with E-state index in [2.05, 4.69) is 5.32 Å². The summed E-state index contributed by atoms with van der Waals surface area (Å²) in [4.78, 5) is 39.8. The number of rotatable bonds is 6. The number of carbonyl (C=O) groups excluding carboxylic acids is 3. The molecule has 1 N–H and O–H groups in total. The Morgan fingerprint density at radius 2 is 1.69 bits per heavy atom. The van der Waals surface area contributed by atoms with Gasteiger partial charge in [0.25, 0.3) is 0 Å². The zero-order chi connectivity index (χ0) is 26.0. The number of Topliss-reactive ketones (excluding diaryl/α,β-unsaturated/α-hetero) is 1. The van der Waals surface area contributed by atoms with Gasteiger partial charge in [0.15, 0.2) is 5.78 Å². The third kappa shape index (κ3) is 4.72. The second-order valence-electron chi connectivity index (χ2n) is 9.65. The highest BCUT2D eigenvalue weighted by Crippen LogP contribution is 2.45. The van der Waals surface area contributed by atoms with Gasteiger partial charge in [-0.1, -0.05) is 68.4 Å². The third-order valence-electron chi connectivity index (χ3n) is 7.20. The van der Waals surface area contributed by atoms with Gasteiger partial charge in [-0.25, -0.2) is 4.79 Å². The number of ether oxygens (including phenoxy) is 2. The highest BCUT2D eigenvalue weighted by molar-refractivity contribution is 6.12. The second-order valence-corrected chi connectivity index (χ2v) is 9.65. The normalized spacial score (nSPS) is 22.5. The van der Waals surface area contributed by atoms with Gasteiger partial charge < -0.3 is 14.8 Å². The fraction of sp³-hybridized carbons (Fsp3) is 0.367. The number of hydrogen-bond acceptors (Lipinski definition) is 6. The Bertz CT molecular complexity index is 1230. The van der Waals surface area contributed by atoms with Crippen molar-refractivity contribution in [3.05, 3.63) is 82.7 Å². The number of ketones is 1. The van der Waals surface area contributed by atoms with Crippen LogP contribution in [0.5, 0.6) is 0 Å². The molecular weight excluding hydrogens is 454 g/mol. The smallest absolute Gasteiger partial charge is 0.337 e. The van der Waals surface area contributed by atoms with Crippen molar-refractivity contribution in [3.8, 4) is 11.1 Å². The summed E-state index contributed by atoms with van der Waals surface area (Å²) < 4.78 is 10.7. The first-order valence-electron chi connectivity index (χ1n) is 12.5. The molecule has 0 aromatic heterocycles. The molecular formula is C30H33NO5. The van der Waals surface area contributed by atoms with E-state index in [-0.39, 0.29) is 17.8 Å². The number of carbonyl (C=O) groups is 3. The van der Waals surface area contributed by atoms with Crippen molar-refractivity contribution >= 4 is 17.7 Å². The molecule has 0 fully saturated rings. The van der Waals surface area contributed by atoms with E-state index >= 15 is 0 Å². The van der Waals surface area contributed by atoms with E-state index < -0.39 is 23.8 Å². The molecule has 0 bridgehead atoms. The van der Waals surface area contributed by atoms with Crippen LogP contribution in [-0.4, -0.2) is 30.9 Å². The molecule has 0 spiro atoms. The van der Waals surface area contributed by atoms with Crippen LogP contribution in [0.15, 0.2) is 77.1 Å². The SMILES string of the molecule is CCC(C)OC(=O)C1=C(C)NC2=C(C(=O)C(C(=O)OC)C(C)C2)C1c1ccc(-c2ccccc2)cc1. The lowest BCUT2D eigenvalue weighted by atomic mass is 9.69.